The third-order valence-corrected chi connectivity index (χ3v) is 3.49. The molecule has 0 spiro atoms. The van der Waals surface area contributed by atoms with Crippen LogP contribution in [0.5, 0.6) is 0 Å². The Labute approximate surface area is 139 Å². The average molecular weight is 319 g/mol. The SMILES string of the molecule is Cc1cc(NCc2ccc(C(N)=O)cc2)nc(-c2cccnc2)n1. The molecule has 24 heavy (non-hydrogen) atoms. The van der Waals surface area contributed by atoms with E-state index in [-0.39, 0.29) is 0 Å². The van der Waals surface area contributed by atoms with E-state index in [1.54, 1.807) is 24.5 Å². The number of aromatic nitrogens is 3. The summed E-state index contributed by atoms with van der Waals surface area (Å²) in [6.07, 6.45) is 3.45. The number of amides is 1. The lowest BCUT2D eigenvalue weighted by atomic mass is 10.1. The molecule has 3 N–H and O–H groups in total. The highest BCUT2D eigenvalue weighted by Crippen LogP contribution is 2.17. The summed E-state index contributed by atoms with van der Waals surface area (Å²) in [5.74, 6) is 0.942. The molecule has 0 aliphatic heterocycles. The van der Waals surface area contributed by atoms with Gasteiger partial charge in [0.1, 0.15) is 5.82 Å². The molecule has 2 heterocycles. The third-order valence-electron chi connectivity index (χ3n) is 3.49. The van der Waals surface area contributed by atoms with Gasteiger partial charge in [0, 0.05) is 41.8 Å². The van der Waals surface area contributed by atoms with Crippen LogP contribution < -0.4 is 11.1 Å². The van der Waals surface area contributed by atoms with Crippen molar-refractivity contribution in [1.29, 1.82) is 0 Å². The number of carbonyl (C=O) groups excluding carboxylic acids is 1. The molecule has 0 aliphatic rings. The standard InChI is InChI=1S/C18H17N5O/c1-12-9-16(23-18(22-12)15-3-2-8-20-11-15)21-10-13-4-6-14(7-5-13)17(19)24/h2-9,11H,10H2,1H3,(H2,19,24)(H,21,22,23). The molecule has 1 aromatic carbocycles. The van der Waals surface area contributed by atoms with E-state index in [0.717, 1.165) is 22.6 Å². The number of aryl methyl sites for hydroxylation is 1. The molecule has 3 rings (SSSR count). The summed E-state index contributed by atoms with van der Waals surface area (Å²) in [6, 6.07) is 12.8. The van der Waals surface area contributed by atoms with Crippen LogP contribution in [-0.4, -0.2) is 20.9 Å². The van der Waals surface area contributed by atoms with E-state index in [4.69, 9.17) is 5.73 Å². The van der Waals surface area contributed by atoms with Crippen molar-refractivity contribution in [3.05, 3.63) is 71.7 Å². The normalized spacial score (nSPS) is 10.4. The van der Waals surface area contributed by atoms with Gasteiger partial charge in [0.25, 0.3) is 0 Å². The summed E-state index contributed by atoms with van der Waals surface area (Å²) in [5.41, 5.74) is 8.50. The van der Waals surface area contributed by atoms with Gasteiger partial charge >= 0.3 is 0 Å². The second-order valence-electron chi connectivity index (χ2n) is 5.37. The van der Waals surface area contributed by atoms with Crippen molar-refractivity contribution in [2.45, 2.75) is 13.5 Å². The molecule has 0 radical (unpaired) electrons. The smallest absolute Gasteiger partial charge is 0.248 e. The number of nitrogens with two attached hydrogens (primary N) is 1. The van der Waals surface area contributed by atoms with E-state index in [0.29, 0.717) is 17.9 Å². The van der Waals surface area contributed by atoms with E-state index >= 15 is 0 Å². The maximum absolute atomic E-state index is 11.1. The Hall–Kier alpha value is -3.28. The molecule has 0 saturated heterocycles. The molecule has 0 aliphatic carbocycles. The molecule has 120 valence electrons. The van der Waals surface area contributed by atoms with Gasteiger partial charge in [-0.25, -0.2) is 9.97 Å². The Morgan fingerprint density at radius 2 is 1.96 bits per heavy atom. The monoisotopic (exact) mass is 319 g/mol. The number of hydrogen-bond donors (Lipinski definition) is 2. The van der Waals surface area contributed by atoms with E-state index in [9.17, 15) is 4.79 Å². The third kappa shape index (κ3) is 3.73. The van der Waals surface area contributed by atoms with E-state index in [2.05, 4.69) is 20.3 Å². The molecule has 0 bridgehead atoms. The van der Waals surface area contributed by atoms with Gasteiger partial charge in [0.15, 0.2) is 5.82 Å². The fourth-order valence-electron chi connectivity index (χ4n) is 2.26. The summed E-state index contributed by atoms with van der Waals surface area (Å²) in [6.45, 7) is 2.51. The summed E-state index contributed by atoms with van der Waals surface area (Å²) in [7, 11) is 0. The van der Waals surface area contributed by atoms with Crippen LogP contribution in [0.3, 0.4) is 0 Å². The van der Waals surface area contributed by atoms with Gasteiger partial charge in [-0.3, -0.25) is 9.78 Å². The molecule has 0 saturated carbocycles. The number of hydrogen-bond acceptors (Lipinski definition) is 5. The maximum Gasteiger partial charge on any atom is 0.248 e. The zero-order valence-corrected chi connectivity index (χ0v) is 13.2. The lowest BCUT2D eigenvalue weighted by Gasteiger charge is -2.09. The van der Waals surface area contributed by atoms with Crippen LogP contribution in [0.1, 0.15) is 21.6 Å². The highest BCUT2D eigenvalue weighted by molar-refractivity contribution is 5.92. The van der Waals surface area contributed by atoms with E-state index < -0.39 is 5.91 Å². The summed E-state index contributed by atoms with van der Waals surface area (Å²) >= 11 is 0. The number of rotatable bonds is 5. The Morgan fingerprint density at radius 1 is 1.17 bits per heavy atom. The number of nitrogens with one attached hydrogen (secondary N) is 1. The number of benzene rings is 1. The summed E-state index contributed by atoms with van der Waals surface area (Å²) < 4.78 is 0. The highest BCUT2D eigenvalue weighted by atomic mass is 16.1. The molecule has 0 unspecified atom stereocenters. The van der Waals surface area contributed by atoms with Crippen molar-refractivity contribution in [3.63, 3.8) is 0 Å². The van der Waals surface area contributed by atoms with Crippen LogP contribution in [0, 0.1) is 6.92 Å². The molecule has 3 aromatic rings. The zero-order valence-electron chi connectivity index (χ0n) is 13.2. The quantitative estimate of drug-likeness (QED) is 0.754. The summed E-state index contributed by atoms with van der Waals surface area (Å²) in [5, 5.41) is 3.27. The number of primary amides is 1. The second-order valence-corrected chi connectivity index (χ2v) is 5.37. The largest absolute Gasteiger partial charge is 0.366 e. The molecule has 2 aromatic heterocycles. The van der Waals surface area contributed by atoms with Gasteiger partial charge < -0.3 is 11.1 Å². The van der Waals surface area contributed by atoms with E-state index in [1.165, 1.54) is 0 Å². The van der Waals surface area contributed by atoms with Crippen molar-refractivity contribution >= 4 is 11.7 Å². The van der Waals surface area contributed by atoms with Crippen molar-refractivity contribution in [2.75, 3.05) is 5.32 Å². The van der Waals surface area contributed by atoms with Crippen molar-refractivity contribution in [2.24, 2.45) is 5.73 Å². The van der Waals surface area contributed by atoms with Gasteiger partial charge in [-0.05, 0) is 36.8 Å². The molecule has 1 amide bonds. The van der Waals surface area contributed by atoms with Crippen LogP contribution in [-0.2, 0) is 6.54 Å². The Morgan fingerprint density at radius 3 is 2.62 bits per heavy atom. The van der Waals surface area contributed by atoms with Crippen molar-refractivity contribution in [3.8, 4) is 11.4 Å². The fourth-order valence-corrected chi connectivity index (χ4v) is 2.26. The first-order valence-corrected chi connectivity index (χ1v) is 7.50. The highest BCUT2D eigenvalue weighted by Gasteiger charge is 2.05. The van der Waals surface area contributed by atoms with Crippen molar-refractivity contribution in [1.82, 2.24) is 15.0 Å². The summed E-state index contributed by atoms with van der Waals surface area (Å²) in [4.78, 5) is 24.2. The molecular formula is C18H17N5O. The number of carbonyl (C=O) groups is 1. The fraction of sp³-hybridized carbons (Fsp3) is 0.111. The van der Waals surface area contributed by atoms with E-state index in [1.807, 2.05) is 37.3 Å². The minimum absolute atomic E-state index is 0.429. The zero-order chi connectivity index (χ0) is 16.9. The Kier molecular flexibility index (Phi) is 4.47. The average Bonchev–Trinajstić information content (AvgIpc) is 2.60. The van der Waals surface area contributed by atoms with Crippen LogP contribution in [0.15, 0.2) is 54.9 Å². The predicted octanol–water partition coefficient (Wildman–Crippen LogP) is 2.56. The molecule has 0 fully saturated rings. The molecule has 6 nitrogen and oxygen atoms in total. The molecule has 0 atom stereocenters. The number of anilines is 1. The van der Waals surface area contributed by atoms with Crippen LogP contribution in [0.2, 0.25) is 0 Å². The Balaban J connectivity index is 1.75. The van der Waals surface area contributed by atoms with Gasteiger partial charge in [0.2, 0.25) is 5.91 Å². The van der Waals surface area contributed by atoms with Crippen LogP contribution >= 0.6 is 0 Å². The van der Waals surface area contributed by atoms with Gasteiger partial charge in [0.05, 0.1) is 0 Å². The lowest BCUT2D eigenvalue weighted by Crippen LogP contribution is -2.11. The second kappa shape index (κ2) is 6.87. The van der Waals surface area contributed by atoms with Gasteiger partial charge in [-0.1, -0.05) is 12.1 Å². The molecular weight excluding hydrogens is 302 g/mol. The maximum atomic E-state index is 11.1. The first-order valence-electron chi connectivity index (χ1n) is 7.50. The first kappa shape index (κ1) is 15.6. The van der Waals surface area contributed by atoms with Gasteiger partial charge in [-0.15, -0.1) is 0 Å². The van der Waals surface area contributed by atoms with Crippen LogP contribution in [0.4, 0.5) is 5.82 Å². The minimum Gasteiger partial charge on any atom is -0.366 e. The number of nitrogens with zero attached hydrogens (tertiary/aromatic N) is 3. The van der Waals surface area contributed by atoms with Crippen molar-refractivity contribution < 1.29 is 4.79 Å². The topological polar surface area (TPSA) is 93.8 Å². The van der Waals surface area contributed by atoms with Gasteiger partial charge in [-0.2, -0.15) is 0 Å². The van der Waals surface area contributed by atoms with Crippen LogP contribution in [0.25, 0.3) is 11.4 Å². The first-order chi connectivity index (χ1) is 11.6. The minimum atomic E-state index is -0.429. The number of pyridine rings is 1. The molecule has 6 heteroatoms. The predicted molar refractivity (Wildman–Crippen MR) is 92.3 cm³/mol. The Bertz CT molecular complexity index is 847. The lowest BCUT2D eigenvalue weighted by molar-refractivity contribution is 0.100.